The molecule has 0 aliphatic carbocycles. The van der Waals surface area contributed by atoms with Crippen LogP contribution in [0.25, 0.3) is 27.9 Å². The Morgan fingerprint density at radius 1 is 1.20 bits per heavy atom. The third-order valence-corrected chi connectivity index (χ3v) is 6.43. The average molecular weight is 401 g/mol. The second kappa shape index (κ2) is 6.67. The number of rotatable bonds is 2. The van der Waals surface area contributed by atoms with Gasteiger partial charge in [-0.15, -0.1) is 0 Å². The minimum atomic E-state index is -0.371. The van der Waals surface area contributed by atoms with E-state index < -0.39 is 0 Å². The Bertz CT molecular complexity index is 1310. The zero-order chi connectivity index (χ0) is 20.2. The van der Waals surface area contributed by atoms with Crippen molar-refractivity contribution in [3.8, 4) is 11.3 Å². The van der Waals surface area contributed by atoms with Crippen molar-refractivity contribution in [2.45, 2.75) is 25.8 Å². The predicted octanol–water partition coefficient (Wildman–Crippen LogP) is 3.00. The number of benzene rings is 1. The molecule has 0 radical (unpaired) electrons. The molecule has 2 aliphatic heterocycles. The molecule has 0 saturated carbocycles. The van der Waals surface area contributed by atoms with Gasteiger partial charge in [-0.2, -0.15) is 0 Å². The van der Waals surface area contributed by atoms with Gasteiger partial charge in [-0.3, -0.25) is 4.98 Å². The zero-order valence-electron chi connectivity index (χ0n) is 16.8. The lowest BCUT2D eigenvalue weighted by atomic mass is 9.94. The summed E-state index contributed by atoms with van der Waals surface area (Å²) in [5.74, 6) is 0.706. The van der Waals surface area contributed by atoms with E-state index in [4.69, 9.17) is 4.42 Å². The summed E-state index contributed by atoms with van der Waals surface area (Å²) in [5.41, 5.74) is 4.01. The summed E-state index contributed by atoms with van der Waals surface area (Å²) in [6.07, 6.45) is 7.98. The molecule has 1 aromatic carbocycles. The third kappa shape index (κ3) is 2.89. The maximum Gasteiger partial charge on any atom is 0.345 e. The van der Waals surface area contributed by atoms with Gasteiger partial charge in [0.25, 0.3) is 0 Å². The van der Waals surface area contributed by atoms with Crippen LogP contribution in [0.15, 0.2) is 52.1 Å². The summed E-state index contributed by atoms with van der Waals surface area (Å²) < 4.78 is 7.60. The molecule has 1 N–H and O–H groups in total. The lowest BCUT2D eigenvalue weighted by Crippen LogP contribution is -2.40. The summed E-state index contributed by atoms with van der Waals surface area (Å²) in [6, 6.07) is 8.60. The first kappa shape index (κ1) is 17.7. The standard InChI is InChI=1S/C23H23N5O2/c1-14-10-28-13-20(26-22(28)9-25-14)18-7-15-4-5-17(8-21(15)30-23(18)29)27-11-16-3-2-6-24-19(16)12-27/h4-5,7-10,13,16,19,24H,2-3,6,11-12H2,1H3. The topological polar surface area (TPSA) is 75.7 Å². The van der Waals surface area contributed by atoms with Crippen LogP contribution in [0.3, 0.4) is 0 Å². The van der Waals surface area contributed by atoms with Gasteiger partial charge in [0.05, 0.1) is 23.1 Å². The van der Waals surface area contributed by atoms with Gasteiger partial charge in [-0.1, -0.05) is 0 Å². The van der Waals surface area contributed by atoms with Gasteiger partial charge in [0, 0.05) is 48.7 Å². The van der Waals surface area contributed by atoms with Crippen molar-refractivity contribution in [2.75, 3.05) is 24.5 Å². The van der Waals surface area contributed by atoms with Gasteiger partial charge in [0.1, 0.15) is 5.58 Å². The fourth-order valence-corrected chi connectivity index (χ4v) is 4.86. The summed E-state index contributed by atoms with van der Waals surface area (Å²) in [7, 11) is 0. The minimum Gasteiger partial charge on any atom is -0.422 e. The SMILES string of the molecule is Cc1cn2cc(-c3cc4ccc(N5CC6CCCNC6C5)cc4oc3=O)nc2cn1. The van der Waals surface area contributed by atoms with Crippen molar-refractivity contribution < 1.29 is 4.42 Å². The lowest BCUT2D eigenvalue weighted by molar-refractivity contribution is 0.340. The number of fused-ring (bicyclic) bond motifs is 3. The van der Waals surface area contributed by atoms with Crippen molar-refractivity contribution in [1.82, 2.24) is 19.7 Å². The van der Waals surface area contributed by atoms with Crippen molar-refractivity contribution in [3.63, 3.8) is 0 Å². The predicted molar refractivity (Wildman–Crippen MR) is 116 cm³/mol. The zero-order valence-corrected chi connectivity index (χ0v) is 16.8. The number of hydrogen-bond donors (Lipinski definition) is 1. The number of aromatic nitrogens is 3. The van der Waals surface area contributed by atoms with E-state index in [0.717, 1.165) is 36.4 Å². The molecule has 3 aromatic heterocycles. The molecule has 4 aromatic rings. The molecular formula is C23H23N5O2. The fraction of sp³-hybridized carbons (Fsp3) is 0.348. The quantitative estimate of drug-likeness (QED) is 0.521. The number of hydrogen-bond acceptors (Lipinski definition) is 6. The average Bonchev–Trinajstić information content (AvgIpc) is 3.36. The Kier molecular flexibility index (Phi) is 3.92. The van der Waals surface area contributed by atoms with Gasteiger partial charge >= 0.3 is 5.63 Å². The number of anilines is 1. The molecule has 5 heterocycles. The maximum atomic E-state index is 12.8. The Balaban J connectivity index is 1.36. The van der Waals surface area contributed by atoms with E-state index in [1.165, 1.54) is 12.8 Å². The van der Waals surface area contributed by atoms with Crippen LogP contribution in [0, 0.1) is 12.8 Å². The highest BCUT2D eigenvalue weighted by Gasteiger charge is 2.34. The molecular weight excluding hydrogens is 378 g/mol. The van der Waals surface area contributed by atoms with Crippen molar-refractivity contribution in [1.29, 1.82) is 0 Å². The van der Waals surface area contributed by atoms with Crippen LogP contribution in [-0.2, 0) is 0 Å². The smallest absolute Gasteiger partial charge is 0.345 e. The number of nitrogens with one attached hydrogen (secondary N) is 1. The molecule has 7 heteroatoms. The van der Waals surface area contributed by atoms with Crippen LogP contribution in [0.1, 0.15) is 18.5 Å². The Morgan fingerprint density at radius 2 is 2.13 bits per heavy atom. The fourth-order valence-electron chi connectivity index (χ4n) is 4.86. The number of aryl methyl sites for hydroxylation is 1. The van der Waals surface area contributed by atoms with Gasteiger partial charge in [0.2, 0.25) is 0 Å². The van der Waals surface area contributed by atoms with Crippen molar-refractivity contribution in [3.05, 3.63) is 59.0 Å². The first-order valence-electron chi connectivity index (χ1n) is 10.5. The minimum absolute atomic E-state index is 0.371. The summed E-state index contributed by atoms with van der Waals surface area (Å²) in [6.45, 7) is 5.10. The molecule has 0 amide bonds. The maximum absolute atomic E-state index is 12.8. The van der Waals surface area contributed by atoms with E-state index in [0.29, 0.717) is 34.4 Å². The van der Waals surface area contributed by atoms with E-state index >= 15 is 0 Å². The van der Waals surface area contributed by atoms with E-state index in [-0.39, 0.29) is 5.63 Å². The van der Waals surface area contributed by atoms with Gasteiger partial charge in [-0.05, 0) is 50.4 Å². The molecule has 2 saturated heterocycles. The number of nitrogens with zero attached hydrogens (tertiary/aromatic N) is 4. The first-order valence-corrected chi connectivity index (χ1v) is 10.5. The normalized spacial score (nSPS) is 21.4. The molecule has 0 spiro atoms. The Labute approximate surface area is 173 Å². The van der Waals surface area contributed by atoms with Crippen LogP contribution < -0.4 is 15.8 Å². The van der Waals surface area contributed by atoms with E-state index in [1.54, 1.807) is 6.20 Å². The lowest BCUT2D eigenvalue weighted by Gasteiger charge is -2.24. The number of imidazole rings is 1. The van der Waals surface area contributed by atoms with Crippen LogP contribution in [-0.4, -0.2) is 40.0 Å². The second-order valence-electron chi connectivity index (χ2n) is 8.46. The van der Waals surface area contributed by atoms with Crippen LogP contribution in [0.4, 0.5) is 5.69 Å². The highest BCUT2D eigenvalue weighted by atomic mass is 16.4. The van der Waals surface area contributed by atoms with E-state index in [2.05, 4.69) is 26.3 Å². The second-order valence-corrected chi connectivity index (χ2v) is 8.46. The summed E-state index contributed by atoms with van der Waals surface area (Å²) >= 11 is 0. The Hall–Kier alpha value is -3.19. The van der Waals surface area contributed by atoms with Gasteiger partial charge in [0.15, 0.2) is 5.65 Å². The van der Waals surface area contributed by atoms with Crippen LogP contribution in [0.5, 0.6) is 0 Å². The molecule has 2 fully saturated rings. The highest BCUT2D eigenvalue weighted by Crippen LogP contribution is 2.31. The first-order chi connectivity index (χ1) is 14.6. The third-order valence-electron chi connectivity index (χ3n) is 6.43. The Morgan fingerprint density at radius 3 is 3.03 bits per heavy atom. The summed E-state index contributed by atoms with van der Waals surface area (Å²) in [5, 5.41) is 4.54. The van der Waals surface area contributed by atoms with Gasteiger partial charge in [-0.25, -0.2) is 9.78 Å². The van der Waals surface area contributed by atoms with Crippen molar-refractivity contribution >= 4 is 22.3 Å². The van der Waals surface area contributed by atoms with Crippen molar-refractivity contribution in [2.24, 2.45) is 5.92 Å². The number of piperidine rings is 1. The van der Waals surface area contributed by atoms with E-state index in [9.17, 15) is 4.79 Å². The molecule has 152 valence electrons. The monoisotopic (exact) mass is 401 g/mol. The molecule has 7 nitrogen and oxygen atoms in total. The van der Waals surface area contributed by atoms with E-state index in [1.807, 2.05) is 41.9 Å². The molecule has 6 rings (SSSR count). The van der Waals surface area contributed by atoms with Gasteiger partial charge < -0.3 is 19.0 Å². The highest BCUT2D eigenvalue weighted by molar-refractivity contribution is 5.84. The molecule has 2 aliphatic rings. The molecule has 30 heavy (non-hydrogen) atoms. The molecule has 2 unspecified atom stereocenters. The summed E-state index contributed by atoms with van der Waals surface area (Å²) in [4.78, 5) is 24.0. The molecule has 0 bridgehead atoms. The van der Waals surface area contributed by atoms with Crippen LogP contribution >= 0.6 is 0 Å². The molecule has 2 atom stereocenters. The van der Waals surface area contributed by atoms with Crippen LogP contribution in [0.2, 0.25) is 0 Å². The largest absolute Gasteiger partial charge is 0.422 e.